The molecule has 0 bridgehead atoms. The molecule has 0 amide bonds. The summed E-state index contributed by atoms with van der Waals surface area (Å²) in [6, 6.07) is 18.5. The molecule has 0 saturated heterocycles. The van der Waals surface area contributed by atoms with Gasteiger partial charge in [-0.3, -0.25) is 0 Å². The molecule has 0 aliphatic heterocycles. The van der Waals surface area contributed by atoms with Crippen LogP contribution >= 0.6 is 0 Å². The Morgan fingerprint density at radius 3 is 2.28 bits per heavy atom. The standard InChI is InChI=1S/C15H18O2Si/c1-13-8-6-7-11-15(13)18(16-2)17-12-14-9-4-3-5-10-14/h3-11,18H,12H2,1-2H3. The second-order valence-corrected chi connectivity index (χ2v) is 6.31. The van der Waals surface area contributed by atoms with Gasteiger partial charge in [-0.05, 0) is 23.2 Å². The molecule has 94 valence electrons. The van der Waals surface area contributed by atoms with Crippen LogP contribution < -0.4 is 5.19 Å². The number of hydrogen-bond acceptors (Lipinski definition) is 2. The molecule has 0 saturated carbocycles. The first kappa shape index (κ1) is 13.0. The third-order valence-corrected chi connectivity index (χ3v) is 4.95. The number of hydrogen-bond donors (Lipinski definition) is 0. The monoisotopic (exact) mass is 258 g/mol. The largest absolute Gasteiger partial charge is 0.397 e. The maximum atomic E-state index is 5.96. The first-order chi connectivity index (χ1) is 8.81. The van der Waals surface area contributed by atoms with Gasteiger partial charge in [-0.2, -0.15) is 0 Å². The molecule has 0 aromatic heterocycles. The zero-order valence-corrected chi connectivity index (χ0v) is 12.0. The fourth-order valence-electron chi connectivity index (χ4n) is 1.88. The van der Waals surface area contributed by atoms with Gasteiger partial charge in [0.05, 0.1) is 6.61 Å². The van der Waals surface area contributed by atoms with Crippen molar-refractivity contribution in [1.82, 2.24) is 0 Å². The van der Waals surface area contributed by atoms with Crippen LogP contribution in [0, 0.1) is 6.92 Å². The lowest BCUT2D eigenvalue weighted by molar-refractivity contribution is 0.231. The Kier molecular flexibility index (Phi) is 4.70. The zero-order chi connectivity index (χ0) is 12.8. The zero-order valence-electron chi connectivity index (χ0n) is 10.8. The van der Waals surface area contributed by atoms with Crippen LogP contribution in [0.2, 0.25) is 0 Å². The van der Waals surface area contributed by atoms with Crippen molar-refractivity contribution in [2.75, 3.05) is 7.11 Å². The number of aryl methyl sites for hydroxylation is 1. The van der Waals surface area contributed by atoms with E-state index in [1.165, 1.54) is 16.3 Å². The van der Waals surface area contributed by atoms with E-state index in [4.69, 9.17) is 8.85 Å². The molecule has 2 aromatic carbocycles. The molecule has 0 heterocycles. The van der Waals surface area contributed by atoms with Crippen molar-refractivity contribution in [3.05, 3.63) is 65.7 Å². The highest BCUT2D eigenvalue weighted by atomic mass is 28.3. The molecular formula is C15H18O2Si. The van der Waals surface area contributed by atoms with Crippen molar-refractivity contribution in [3.8, 4) is 0 Å². The van der Waals surface area contributed by atoms with Gasteiger partial charge in [-0.15, -0.1) is 0 Å². The van der Waals surface area contributed by atoms with Gasteiger partial charge in [0.15, 0.2) is 0 Å². The molecular weight excluding hydrogens is 240 g/mol. The molecule has 0 fully saturated rings. The van der Waals surface area contributed by atoms with E-state index in [9.17, 15) is 0 Å². The van der Waals surface area contributed by atoms with Gasteiger partial charge >= 0.3 is 9.28 Å². The molecule has 3 heteroatoms. The Labute approximate surface area is 110 Å². The predicted octanol–water partition coefficient (Wildman–Crippen LogP) is 2.29. The minimum absolute atomic E-state index is 0.611. The van der Waals surface area contributed by atoms with Gasteiger partial charge in [-0.1, -0.05) is 54.6 Å². The minimum atomic E-state index is -1.78. The van der Waals surface area contributed by atoms with Crippen LogP contribution in [-0.4, -0.2) is 16.4 Å². The van der Waals surface area contributed by atoms with E-state index in [-0.39, 0.29) is 0 Å². The van der Waals surface area contributed by atoms with E-state index in [2.05, 4.69) is 31.2 Å². The lowest BCUT2D eigenvalue weighted by atomic mass is 10.2. The van der Waals surface area contributed by atoms with Crippen molar-refractivity contribution in [2.24, 2.45) is 0 Å². The average Bonchev–Trinajstić information content (AvgIpc) is 2.42. The van der Waals surface area contributed by atoms with E-state index >= 15 is 0 Å². The average molecular weight is 258 g/mol. The predicted molar refractivity (Wildman–Crippen MR) is 76.2 cm³/mol. The number of rotatable bonds is 5. The van der Waals surface area contributed by atoms with Gasteiger partial charge in [0.1, 0.15) is 0 Å². The molecule has 1 atom stereocenters. The van der Waals surface area contributed by atoms with E-state index < -0.39 is 9.28 Å². The minimum Gasteiger partial charge on any atom is -0.397 e. The lowest BCUT2D eigenvalue weighted by Gasteiger charge is -2.16. The second kappa shape index (κ2) is 6.49. The van der Waals surface area contributed by atoms with Crippen LogP contribution in [-0.2, 0) is 15.5 Å². The Balaban J connectivity index is 2.04. The first-order valence-electron chi connectivity index (χ1n) is 6.05. The molecule has 18 heavy (non-hydrogen) atoms. The highest BCUT2D eigenvalue weighted by Gasteiger charge is 2.16. The molecule has 0 aliphatic carbocycles. The molecule has 1 unspecified atom stereocenters. The van der Waals surface area contributed by atoms with Crippen LogP contribution in [0.15, 0.2) is 54.6 Å². The summed E-state index contributed by atoms with van der Waals surface area (Å²) in [5.41, 5.74) is 2.42. The molecule has 2 rings (SSSR count). The van der Waals surface area contributed by atoms with Crippen molar-refractivity contribution >= 4 is 14.5 Å². The topological polar surface area (TPSA) is 18.5 Å². The Morgan fingerprint density at radius 1 is 0.944 bits per heavy atom. The quantitative estimate of drug-likeness (QED) is 0.766. The molecule has 0 aliphatic rings. The summed E-state index contributed by atoms with van der Waals surface area (Å²) in [5.74, 6) is 0. The molecule has 0 N–H and O–H groups in total. The van der Waals surface area contributed by atoms with E-state index in [0.29, 0.717) is 6.61 Å². The van der Waals surface area contributed by atoms with Crippen LogP contribution in [0.4, 0.5) is 0 Å². The highest BCUT2D eigenvalue weighted by Crippen LogP contribution is 2.04. The molecule has 0 spiro atoms. The van der Waals surface area contributed by atoms with Gasteiger partial charge in [0.25, 0.3) is 0 Å². The summed E-state index contributed by atoms with van der Waals surface area (Å²) in [5, 5.41) is 1.22. The molecule has 2 nitrogen and oxygen atoms in total. The maximum Gasteiger partial charge on any atom is 0.356 e. The van der Waals surface area contributed by atoms with E-state index in [0.717, 1.165) is 0 Å². The summed E-state index contributed by atoms with van der Waals surface area (Å²) < 4.78 is 11.5. The third kappa shape index (κ3) is 3.29. The third-order valence-electron chi connectivity index (χ3n) is 2.90. The fraction of sp³-hybridized carbons (Fsp3) is 0.200. The van der Waals surface area contributed by atoms with Crippen LogP contribution in [0.5, 0.6) is 0 Å². The molecule has 2 aromatic rings. The van der Waals surface area contributed by atoms with Crippen molar-refractivity contribution in [2.45, 2.75) is 13.5 Å². The first-order valence-corrected chi connectivity index (χ1v) is 7.57. The Bertz CT molecular complexity index is 485. The van der Waals surface area contributed by atoms with Crippen LogP contribution in [0.25, 0.3) is 0 Å². The molecule has 0 radical (unpaired) electrons. The maximum absolute atomic E-state index is 5.96. The van der Waals surface area contributed by atoms with Crippen molar-refractivity contribution < 1.29 is 8.85 Å². The summed E-state index contributed by atoms with van der Waals surface area (Å²) in [7, 11) is -0.0499. The van der Waals surface area contributed by atoms with Crippen molar-refractivity contribution in [1.29, 1.82) is 0 Å². The summed E-state index contributed by atoms with van der Waals surface area (Å²) in [6.45, 7) is 2.71. The smallest absolute Gasteiger partial charge is 0.356 e. The van der Waals surface area contributed by atoms with Gasteiger partial charge < -0.3 is 8.85 Å². The number of benzene rings is 2. The summed E-state index contributed by atoms with van der Waals surface area (Å²) in [4.78, 5) is 0. The van der Waals surface area contributed by atoms with E-state index in [1.807, 2.05) is 30.3 Å². The van der Waals surface area contributed by atoms with Crippen LogP contribution in [0.3, 0.4) is 0 Å². The Morgan fingerprint density at radius 2 is 1.61 bits per heavy atom. The Hall–Kier alpha value is -1.42. The van der Waals surface area contributed by atoms with Crippen molar-refractivity contribution in [3.63, 3.8) is 0 Å². The van der Waals surface area contributed by atoms with Gasteiger partial charge in [0, 0.05) is 7.11 Å². The van der Waals surface area contributed by atoms with Crippen LogP contribution in [0.1, 0.15) is 11.1 Å². The lowest BCUT2D eigenvalue weighted by Crippen LogP contribution is -2.37. The summed E-state index contributed by atoms with van der Waals surface area (Å²) in [6.07, 6.45) is 0. The SMILES string of the molecule is CO[SiH](OCc1ccccc1)c1ccccc1C. The highest BCUT2D eigenvalue weighted by molar-refractivity contribution is 6.61. The fourth-order valence-corrected chi connectivity index (χ4v) is 3.53. The normalized spacial score (nSPS) is 12.3. The second-order valence-electron chi connectivity index (χ2n) is 4.22. The van der Waals surface area contributed by atoms with Gasteiger partial charge in [-0.25, -0.2) is 0 Å². The summed E-state index contributed by atoms with van der Waals surface area (Å²) >= 11 is 0. The van der Waals surface area contributed by atoms with E-state index in [1.54, 1.807) is 7.11 Å². The van der Waals surface area contributed by atoms with Gasteiger partial charge in [0.2, 0.25) is 0 Å².